The lowest BCUT2D eigenvalue weighted by molar-refractivity contribution is -0.144. The molecule has 0 heterocycles. The lowest BCUT2D eigenvalue weighted by Gasteiger charge is -2.24. The molecule has 0 fully saturated rings. The number of rotatable bonds is 7. The summed E-state index contributed by atoms with van der Waals surface area (Å²) in [7, 11) is 0. The van der Waals surface area contributed by atoms with Crippen LogP contribution in [0.5, 0.6) is 5.75 Å². The van der Waals surface area contributed by atoms with E-state index in [4.69, 9.17) is 21.4 Å². The minimum absolute atomic E-state index is 0.392. The summed E-state index contributed by atoms with van der Waals surface area (Å²) < 4.78 is 5.47. The van der Waals surface area contributed by atoms with Crippen LogP contribution in [0.3, 0.4) is 0 Å². The Labute approximate surface area is 112 Å². The van der Waals surface area contributed by atoms with Crippen LogP contribution in [0.25, 0.3) is 0 Å². The van der Waals surface area contributed by atoms with Gasteiger partial charge in [-0.15, -0.1) is 0 Å². The second kappa shape index (κ2) is 6.61. The van der Waals surface area contributed by atoms with Crippen molar-refractivity contribution >= 4 is 17.6 Å². The maximum absolute atomic E-state index is 11.0. The molecule has 1 rings (SSSR count). The van der Waals surface area contributed by atoms with Gasteiger partial charge in [0, 0.05) is 11.6 Å². The molecule has 0 aliphatic carbocycles. The van der Waals surface area contributed by atoms with Gasteiger partial charge in [-0.3, -0.25) is 10.1 Å². The lowest BCUT2D eigenvalue weighted by Crippen LogP contribution is -2.50. The number of carbonyl (C=O) groups is 1. The van der Waals surface area contributed by atoms with Crippen molar-refractivity contribution in [1.82, 2.24) is 5.32 Å². The predicted molar refractivity (Wildman–Crippen MR) is 71.3 cm³/mol. The molecule has 100 valence electrons. The largest absolute Gasteiger partial charge is 0.492 e. The summed E-state index contributed by atoms with van der Waals surface area (Å²) in [5.74, 6) is -0.175. The van der Waals surface area contributed by atoms with Crippen LogP contribution in [0.15, 0.2) is 24.3 Å². The summed E-state index contributed by atoms with van der Waals surface area (Å²) in [5.41, 5.74) is -0.905. The number of hydrogen-bond acceptors (Lipinski definition) is 3. The summed E-state index contributed by atoms with van der Waals surface area (Å²) in [4.78, 5) is 11.0. The number of carboxylic acid groups (broad SMARTS) is 1. The fraction of sp³-hybridized carbons (Fsp3) is 0.462. The Morgan fingerprint density at radius 2 is 2.28 bits per heavy atom. The van der Waals surface area contributed by atoms with E-state index in [9.17, 15) is 4.79 Å². The second-order valence-electron chi connectivity index (χ2n) is 4.22. The summed E-state index contributed by atoms with van der Waals surface area (Å²) in [5, 5.41) is 12.7. The maximum atomic E-state index is 11.0. The van der Waals surface area contributed by atoms with Crippen LogP contribution in [-0.4, -0.2) is 29.8 Å². The summed E-state index contributed by atoms with van der Waals surface area (Å²) in [6.45, 7) is 4.35. The van der Waals surface area contributed by atoms with Crippen molar-refractivity contribution < 1.29 is 14.6 Å². The minimum Gasteiger partial charge on any atom is -0.492 e. The Balaban J connectivity index is 2.37. The molecular formula is C13H18ClNO3. The van der Waals surface area contributed by atoms with Crippen molar-refractivity contribution in [1.29, 1.82) is 0 Å². The molecule has 1 aromatic carbocycles. The number of carboxylic acids is 1. The molecule has 0 aliphatic heterocycles. The second-order valence-corrected chi connectivity index (χ2v) is 4.66. The van der Waals surface area contributed by atoms with E-state index in [-0.39, 0.29) is 0 Å². The number of hydrogen-bond donors (Lipinski definition) is 2. The third kappa shape index (κ3) is 4.20. The average molecular weight is 272 g/mol. The van der Waals surface area contributed by atoms with Gasteiger partial charge in [0.2, 0.25) is 0 Å². The molecule has 1 aromatic rings. The molecule has 4 nitrogen and oxygen atoms in total. The highest BCUT2D eigenvalue weighted by Crippen LogP contribution is 2.17. The van der Waals surface area contributed by atoms with Gasteiger partial charge >= 0.3 is 5.97 Å². The molecule has 0 aliphatic rings. The van der Waals surface area contributed by atoms with E-state index in [2.05, 4.69) is 5.32 Å². The SMILES string of the molecule is CCC(C)(NCCOc1cccc(Cl)c1)C(=O)O. The van der Waals surface area contributed by atoms with E-state index in [0.29, 0.717) is 30.3 Å². The van der Waals surface area contributed by atoms with Gasteiger partial charge in [0.05, 0.1) is 0 Å². The van der Waals surface area contributed by atoms with Crippen molar-refractivity contribution in [2.75, 3.05) is 13.2 Å². The Kier molecular flexibility index (Phi) is 5.44. The highest BCUT2D eigenvalue weighted by molar-refractivity contribution is 6.30. The third-order valence-corrected chi connectivity index (χ3v) is 3.10. The van der Waals surface area contributed by atoms with Gasteiger partial charge < -0.3 is 9.84 Å². The van der Waals surface area contributed by atoms with Crippen molar-refractivity contribution in [2.45, 2.75) is 25.8 Å². The molecular weight excluding hydrogens is 254 g/mol. The zero-order valence-corrected chi connectivity index (χ0v) is 11.3. The first-order valence-corrected chi connectivity index (χ1v) is 6.22. The topological polar surface area (TPSA) is 58.6 Å². The average Bonchev–Trinajstić information content (AvgIpc) is 2.34. The molecule has 0 saturated carbocycles. The van der Waals surface area contributed by atoms with Crippen LogP contribution in [0.2, 0.25) is 5.02 Å². The molecule has 0 amide bonds. The zero-order valence-electron chi connectivity index (χ0n) is 10.6. The van der Waals surface area contributed by atoms with E-state index in [0.717, 1.165) is 0 Å². The first-order chi connectivity index (χ1) is 8.48. The van der Waals surface area contributed by atoms with E-state index in [1.165, 1.54) is 0 Å². The summed E-state index contributed by atoms with van der Waals surface area (Å²) in [6.07, 6.45) is 0.513. The fourth-order valence-electron chi connectivity index (χ4n) is 1.40. The van der Waals surface area contributed by atoms with Gasteiger partial charge in [-0.25, -0.2) is 0 Å². The Bertz CT molecular complexity index is 411. The van der Waals surface area contributed by atoms with E-state index >= 15 is 0 Å². The van der Waals surface area contributed by atoms with E-state index in [1.54, 1.807) is 25.1 Å². The number of ether oxygens (including phenoxy) is 1. The fourth-order valence-corrected chi connectivity index (χ4v) is 1.58. The first-order valence-electron chi connectivity index (χ1n) is 5.85. The first kappa shape index (κ1) is 14.8. The van der Waals surface area contributed by atoms with Crippen LogP contribution >= 0.6 is 11.6 Å². The molecule has 18 heavy (non-hydrogen) atoms. The smallest absolute Gasteiger partial charge is 0.323 e. The zero-order chi connectivity index (χ0) is 13.6. The third-order valence-electron chi connectivity index (χ3n) is 2.86. The van der Waals surface area contributed by atoms with Crippen molar-refractivity contribution in [2.24, 2.45) is 0 Å². The molecule has 0 bridgehead atoms. The van der Waals surface area contributed by atoms with Crippen LogP contribution in [0.4, 0.5) is 0 Å². The molecule has 1 unspecified atom stereocenters. The molecule has 2 N–H and O–H groups in total. The quantitative estimate of drug-likeness (QED) is 0.749. The van der Waals surface area contributed by atoms with Gasteiger partial charge in [0.15, 0.2) is 0 Å². The Morgan fingerprint density at radius 3 is 2.83 bits per heavy atom. The highest BCUT2D eigenvalue weighted by atomic mass is 35.5. The summed E-state index contributed by atoms with van der Waals surface area (Å²) in [6, 6.07) is 7.10. The number of benzene rings is 1. The molecule has 5 heteroatoms. The molecule has 0 radical (unpaired) electrons. The maximum Gasteiger partial charge on any atom is 0.323 e. The normalized spacial score (nSPS) is 13.9. The number of nitrogens with one attached hydrogen (secondary N) is 1. The Hall–Kier alpha value is -1.26. The predicted octanol–water partition coefficient (Wildman–Crippen LogP) is 2.56. The minimum atomic E-state index is -0.905. The lowest BCUT2D eigenvalue weighted by atomic mass is 9.99. The molecule has 0 aromatic heterocycles. The van der Waals surface area contributed by atoms with Crippen LogP contribution in [0, 0.1) is 0 Å². The molecule has 1 atom stereocenters. The van der Waals surface area contributed by atoms with E-state index < -0.39 is 11.5 Å². The van der Waals surface area contributed by atoms with Crippen LogP contribution in [-0.2, 0) is 4.79 Å². The van der Waals surface area contributed by atoms with Gasteiger partial charge in [0.1, 0.15) is 17.9 Å². The van der Waals surface area contributed by atoms with E-state index in [1.807, 2.05) is 13.0 Å². The van der Waals surface area contributed by atoms with Crippen molar-refractivity contribution in [3.63, 3.8) is 0 Å². The van der Waals surface area contributed by atoms with Gasteiger partial charge in [0.25, 0.3) is 0 Å². The van der Waals surface area contributed by atoms with Gasteiger partial charge in [-0.1, -0.05) is 24.6 Å². The van der Waals surface area contributed by atoms with Crippen molar-refractivity contribution in [3.05, 3.63) is 29.3 Å². The summed E-state index contributed by atoms with van der Waals surface area (Å²) >= 11 is 5.82. The van der Waals surface area contributed by atoms with Crippen LogP contribution < -0.4 is 10.1 Å². The molecule has 0 saturated heterocycles. The standard InChI is InChI=1S/C13H18ClNO3/c1-3-13(2,12(16)17)15-7-8-18-11-6-4-5-10(14)9-11/h4-6,9,15H,3,7-8H2,1-2H3,(H,16,17). The van der Waals surface area contributed by atoms with Gasteiger partial charge in [-0.2, -0.15) is 0 Å². The van der Waals surface area contributed by atoms with Crippen molar-refractivity contribution in [3.8, 4) is 5.75 Å². The van der Waals surface area contributed by atoms with Crippen LogP contribution in [0.1, 0.15) is 20.3 Å². The number of aliphatic carboxylic acids is 1. The Morgan fingerprint density at radius 1 is 1.56 bits per heavy atom. The molecule has 0 spiro atoms. The highest BCUT2D eigenvalue weighted by Gasteiger charge is 2.29. The number of halogens is 1. The monoisotopic (exact) mass is 271 g/mol. The van der Waals surface area contributed by atoms with Gasteiger partial charge in [-0.05, 0) is 31.5 Å².